The van der Waals surface area contributed by atoms with Crippen LogP contribution in [0.5, 0.6) is 11.5 Å². The molecule has 2 heterocycles. The average Bonchev–Trinajstić information content (AvgIpc) is 3.32. The molecule has 0 radical (unpaired) electrons. The van der Waals surface area contributed by atoms with Crippen LogP contribution >= 0.6 is 11.8 Å². The highest BCUT2D eigenvalue weighted by Crippen LogP contribution is 2.34. The van der Waals surface area contributed by atoms with Gasteiger partial charge in [-0.25, -0.2) is 5.43 Å². The molecular weight excluding hydrogens is 452 g/mol. The van der Waals surface area contributed by atoms with Gasteiger partial charge in [0.25, 0.3) is 5.91 Å². The number of hydrazone groups is 1. The summed E-state index contributed by atoms with van der Waals surface area (Å²) >= 11 is 1.27. The van der Waals surface area contributed by atoms with E-state index in [0.717, 1.165) is 16.8 Å². The summed E-state index contributed by atoms with van der Waals surface area (Å²) < 4.78 is 12.7. The molecule has 0 bridgehead atoms. The lowest BCUT2D eigenvalue weighted by Gasteiger charge is -2.12. The summed E-state index contributed by atoms with van der Waals surface area (Å²) in [5, 5.41) is 13.3. The zero-order chi connectivity index (χ0) is 23.8. The summed E-state index contributed by atoms with van der Waals surface area (Å²) in [6.07, 6.45) is 4.88. The Bertz CT molecular complexity index is 1280. The van der Waals surface area contributed by atoms with E-state index in [1.54, 1.807) is 45.0 Å². The number of aromatic nitrogens is 4. The first-order valence-electron chi connectivity index (χ1n) is 10.3. The number of ether oxygens (including phenoxy) is 2. The molecule has 1 N–H and O–H groups in total. The van der Waals surface area contributed by atoms with Gasteiger partial charge in [-0.3, -0.25) is 14.3 Å². The molecule has 4 aromatic rings. The van der Waals surface area contributed by atoms with Crippen molar-refractivity contribution in [2.75, 3.05) is 20.0 Å². The smallest absolute Gasteiger partial charge is 0.250 e. The number of carbonyl (C=O) groups is 1. The van der Waals surface area contributed by atoms with Gasteiger partial charge in [0, 0.05) is 23.6 Å². The van der Waals surface area contributed by atoms with Crippen LogP contribution in [0.3, 0.4) is 0 Å². The summed E-state index contributed by atoms with van der Waals surface area (Å²) in [7, 11) is 3.17. The topological polar surface area (TPSA) is 104 Å². The molecule has 2 aromatic heterocycles. The third kappa shape index (κ3) is 5.41. The predicted octanol–water partition coefficient (Wildman–Crippen LogP) is 3.59. The molecule has 34 heavy (non-hydrogen) atoms. The van der Waals surface area contributed by atoms with Gasteiger partial charge in [-0.15, -0.1) is 10.2 Å². The van der Waals surface area contributed by atoms with Crippen LogP contribution in [0, 0.1) is 0 Å². The molecule has 0 spiro atoms. The van der Waals surface area contributed by atoms with Crippen molar-refractivity contribution in [1.29, 1.82) is 0 Å². The maximum atomic E-state index is 12.3. The number of para-hydroxylation sites is 1. The lowest BCUT2D eigenvalue weighted by atomic mass is 10.2. The van der Waals surface area contributed by atoms with Crippen molar-refractivity contribution in [2.24, 2.45) is 5.10 Å². The number of thioether (sulfide) groups is 1. The molecule has 0 saturated heterocycles. The number of carbonyl (C=O) groups excluding carboxylic acids is 1. The quantitative estimate of drug-likeness (QED) is 0.225. The molecule has 0 aliphatic carbocycles. The molecule has 0 aliphatic rings. The van der Waals surface area contributed by atoms with E-state index in [1.807, 2.05) is 53.1 Å². The average molecular weight is 475 g/mol. The number of rotatable bonds is 9. The van der Waals surface area contributed by atoms with Crippen molar-refractivity contribution in [1.82, 2.24) is 25.2 Å². The van der Waals surface area contributed by atoms with Gasteiger partial charge < -0.3 is 9.47 Å². The molecule has 10 heteroatoms. The van der Waals surface area contributed by atoms with Crippen molar-refractivity contribution >= 4 is 23.9 Å². The highest BCUT2D eigenvalue weighted by molar-refractivity contribution is 7.99. The Morgan fingerprint density at radius 1 is 1.03 bits per heavy atom. The third-order valence-corrected chi connectivity index (χ3v) is 5.66. The molecule has 172 valence electrons. The first-order chi connectivity index (χ1) is 16.7. The zero-order valence-electron chi connectivity index (χ0n) is 18.6. The summed E-state index contributed by atoms with van der Waals surface area (Å²) in [5.74, 6) is 1.68. The molecule has 2 aromatic carbocycles. The fourth-order valence-electron chi connectivity index (χ4n) is 3.13. The van der Waals surface area contributed by atoms with Gasteiger partial charge in [-0.1, -0.05) is 30.0 Å². The lowest BCUT2D eigenvalue weighted by molar-refractivity contribution is -0.118. The standard InChI is InChI=1S/C24H22N6O3S/c1-32-20-9-8-18(14-21(20)33-2)23-28-29-24(30(23)19-6-4-3-5-7-19)34-16-22(31)27-26-15-17-10-12-25-13-11-17/h3-15H,16H2,1-2H3,(H,27,31)/b26-15+. The summed E-state index contributed by atoms with van der Waals surface area (Å²) in [6.45, 7) is 0. The summed E-state index contributed by atoms with van der Waals surface area (Å²) in [4.78, 5) is 16.3. The van der Waals surface area contributed by atoms with Crippen LogP contribution in [0.1, 0.15) is 5.56 Å². The largest absolute Gasteiger partial charge is 0.493 e. The Hall–Kier alpha value is -4.18. The number of pyridine rings is 1. The van der Waals surface area contributed by atoms with E-state index in [4.69, 9.17) is 9.47 Å². The first kappa shape index (κ1) is 23.0. The van der Waals surface area contributed by atoms with Gasteiger partial charge in [-0.05, 0) is 48.0 Å². The van der Waals surface area contributed by atoms with Gasteiger partial charge in [0.1, 0.15) is 0 Å². The minimum atomic E-state index is -0.259. The molecule has 1 amide bonds. The van der Waals surface area contributed by atoms with Crippen molar-refractivity contribution in [3.05, 3.63) is 78.6 Å². The maximum absolute atomic E-state index is 12.3. The van der Waals surface area contributed by atoms with Gasteiger partial charge in [-0.2, -0.15) is 5.10 Å². The van der Waals surface area contributed by atoms with E-state index >= 15 is 0 Å². The summed E-state index contributed by atoms with van der Waals surface area (Å²) in [5.41, 5.74) is 5.04. The Morgan fingerprint density at radius 3 is 2.53 bits per heavy atom. The van der Waals surface area contributed by atoms with Gasteiger partial charge >= 0.3 is 0 Å². The van der Waals surface area contributed by atoms with Gasteiger partial charge in [0.05, 0.1) is 26.2 Å². The molecule has 0 aliphatic heterocycles. The summed E-state index contributed by atoms with van der Waals surface area (Å²) in [6, 6.07) is 18.9. The highest BCUT2D eigenvalue weighted by Gasteiger charge is 2.18. The number of hydrogen-bond donors (Lipinski definition) is 1. The van der Waals surface area contributed by atoms with Crippen LogP contribution in [0.4, 0.5) is 0 Å². The SMILES string of the molecule is COc1ccc(-c2nnc(SCC(=O)N/N=C/c3ccncc3)n2-c2ccccc2)cc1OC. The number of hydrogen-bond acceptors (Lipinski definition) is 8. The van der Waals surface area contributed by atoms with Crippen LogP contribution in [0.25, 0.3) is 17.1 Å². The van der Waals surface area contributed by atoms with Gasteiger partial charge in [0.2, 0.25) is 0 Å². The Labute approximate surface area is 200 Å². The van der Waals surface area contributed by atoms with E-state index in [0.29, 0.717) is 22.5 Å². The van der Waals surface area contributed by atoms with Gasteiger partial charge in [0.15, 0.2) is 22.5 Å². The molecule has 0 unspecified atom stereocenters. The van der Waals surface area contributed by atoms with Crippen LogP contribution in [0.2, 0.25) is 0 Å². The monoisotopic (exact) mass is 474 g/mol. The van der Waals surface area contributed by atoms with Crippen LogP contribution in [-0.4, -0.2) is 51.8 Å². The number of benzene rings is 2. The third-order valence-electron chi connectivity index (χ3n) is 4.73. The number of nitrogens with zero attached hydrogens (tertiary/aromatic N) is 5. The zero-order valence-corrected chi connectivity index (χ0v) is 19.4. The fourth-order valence-corrected chi connectivity index (χ4v) is 3.87. The minimum Gasteiger partial charge on any atom is -0.493 e. The van der Waals surface area contributed by atoms with Crippen molar-refractivity contribution in [2.45, 2.75) is 5.16 Å². The maximum Gasteiger partial charge on any atom is 0.250 e. The molecule has 0 saturated carbocycles. The fraction of sp³-hybridized carbons (Fsp3) is 0.125. The second-order valence-electron chi connectivity index (χ2n) is 6.91. The number of amides is 1. The van der Waals surface area contributed by atoms with Crippen molar-refractivity contribution in [3.8, 4) is 28.6 Å². The highest BCUT2D eigenvalue weighted by atomic mass is 32.2. The van der Waals surface area contributed by atoms with Crippen LogP contribution in [0.15, 0.2) is 83.3 Å². The molecular formula is C24H22N6O3S. The van der Waals surface area contributed by atoms with E-state index in [1.165, 1.54) is 11.8 Å². The van der Waals surface area contributed by atoms with Crippen LogP contribution < -0.4 is 14.9 Å². The predicted molar refractivity (Wildman–Crippen MR) is 131 cm³/mol. The molecule has 4 rings (SSSR count). The lowest BCUT2D eigenvalue weighted by Crippen LogP contribution is -2.20. The first-order valence-corrected chi connectivity index (χ1v) is 11.3. The molecule has 0 atom stereocenters. The van der Waals surface area contributed by atoms with Crippen LogP contribution in [-0.2, 0) is 4.79 Å². The number of nitrogens with one attached hydrogen (secondary N) is 1. The van der Waals surface area contributed by atoms with E-state index in [9.17, 15) is 4.79 Å². The minimum absolute atomic E-state index is 0.116. The van der Waals surface area contributed by atoms with E-state index < -0.39 is 0 Å². The molecule has 9 nitrogen and oxygen atoms in total. The number of methoxy groups -OCH3 is 2. The second-order valence-corrected chi connectivity index (χ2v) is 7.85. The Kier molecular flexibility index (Phi) is 7.51. The Morgan fingerprint density at radius 2 is 1.79 bits per heavy atom. The van der Waals surface area contributed by atoms with Crippen molar-refractivity contribution < 1.29 is 14.3 Å². The second kappa shape index (κ2) is 11.1. The Balaban J connectivity index is 1.56. The van der Waals surface area contributed by atoms with E-state index in [-0.39, 0.29) is 11.7 Å². The normalized spacial score (nSPS) is 10.9. The van der Waals surface area contributed by atoms with E-state index in [2.05, 4.69) is 25.7 Å². The van der Waals surface area contributed by atoms with Crippen molar-refractivity contribution in [3.63, 3.8) is 0 Å². The molecule has 0 fully saturated rings.